The minimum absolute atomic E-state index is 0.0163. The van der Waals surface area contributed by atoms with Gasteiger partial charge in [0.15, 0.2) is 0 Å². The fraction of sp³-hybridized carbons (Fsp3) is 0.300. The molecule has 5 heteroatoms. The van der Waals surface area contributed by atoms with E-state index < -0.39 is 24.0 Å². The second-order valence-corrected chi connectivity index (χ2v) is 3.32. The number of anilines is 1. The molecule has 0 heterocycles. The Kier molecular flexibility index (Phi) is 3.24. The summed E-state index contributed by atoms with van der Waals surface area (Å²) in [5.41, 5.74) is -0.148. The first-order valence-electron chi connectivity index (χ1n) is 4.29. The maximum atomic E-state index is 13.3. The highest BCUT2D eigenvalue weighted by Gasteiger charge is 2.17. The van der Waals surface area contributed by atoms with Gasteiger partial charge in [0.05, 0.1) is 12.1 Å². The third kappa shape index (κ3) is 2.43. The van der Waals surface area contributed by atoms with Crippen LogP contribution in [0.2, 0.25) is 0 Å². The van der Waals surface area contributed by atoms with Crippen LogP contribution in [0.25, 0.3) is 0 Å². The lowest BCUT2D eigenvalue weighted by Gasteiger charge is -2.17. The smallest absolute Gasteiger partial charge is 0.308 e. The molecule has 82 valence electrons. The van der Waals surface area contributed by atoms with Gasteiger partial charge in [0.1, 0.15) is 11.6 Å². The first kappa shape index (κ1) is 11.4. The predicted molar refractivity (Wildman–Crippen MR) is 52.0 cm³/mol. The fourth-order valence-electron chi connectivity index (χ4n) is 1.39. The molecule has 0 fully saturated rings. The molecule has 0 saturated carbocycles. The van der Waals surface area contributed by atoms with Gasteiger partial charge < -0.3 is 10.0 Å². The predicted octanol–water partition coefficient (Wildman–Crippen LogP) is 1.66. The van der Waals surface area contributed by atoms with Gasteiger partial charge in [-0.25, -0.2) is 8.78 Å². The summed E-state index contributed by atoms with van der Waals surface area (Å²) in [4.78, 5) is 11.9. The Balaban J connectivity index is 3.31. The quantitative estimate of drug-likeness (QED) is 0.833. The maximum absolute atomic E-state index is 13.3. The van der Waals surface area contributed by atoms with Crippen molar-refractivity contribution in [2.75, 3.05) is 19.0 Å². The number of aliphatic carboxylic acids is 1. The Bertz CT molecular complexity index is 391. The molecule has 0 aromatic heterocycles. The fourth-order valence-corrected chi connectivity index (χ4v) is 1.39. The van der Waals surface area contributed by atoms with Gasteiger partial charge in [-0.2, -0.15) is 0 Å². The number of halogens is 2. The summed E-state index contributed by atoms with van der Waals surface area (Å²) in [6.45, 7) is 0. The minimum Gasteiger partial charge on any atom is -0.481 e. The van der Waals surface area contributed by atoms with E-state index in [9.17, 15) is 13.6 Å². The number of nitrogens with zero attached hydrogens (tertiary/aromatic N) is 1. The van der Waals surface area contributed by atoms with E-state index >= 15 is 0 Å². The molecule has 1 aromatic rings. The lowest BCUT2D eigenvalue weighted by molar-refractivity contribution is -0.136. The van der Waals surface area contributed by atoms with Crippen molar-refractivity contribution >= 4 is 11.7 Å². The first-order chi connectivity index (χ1) is 6.93. The Hall–Kier alpha value is -1.65. The van der Waals surface area contributed by atoms with Crippen LogP contribution in [0.3, 0.4) is 0 Å². The van der Waals surface area contributed by atoms with Crippen molar-refractivity contribution in [3.63, 3.8) is 0 Å². The van der Waals surface area contributed by atoms with Crippen molar-refractivity contribution in [2.24, 2.45) is 0 Å². The molecule has 3 nitrogen and oxygen atoms in total. The van der Waals surface area contributed by atoms with Crippen LogP contribution in [0, 0.1) is 11.6 Å². The summed E-state index contributed by atoms with van der Waals surface area (Å²) < 4.78 is 26.6. The van der Waals surface area contributed by atoms with Crippen LogP contribution >= 0.6 is 0 Å². The molecule has 0 aliphatic rings. The molecule has 0 unspecified atom stereocenters. The number of hydrogen-bond acceptors (Lipinski definition) is 2. The van der Waals surface area contributed by atoms with Crippen molar-refractivity contribution in [3.05, 3.63) is 29.3 Å². The maximum Gasteiger partial charge on any atom is 0.308 e. The van der Waals surface area contributed by atoms with Gasteiger partial charge in [0.25, 0.3) is 0 Å². The average molecular weight is 215 g/mol. The molecule has 0 bridgehead atoms. The zero-order valence-electron chi connectivity index (χ0n) is 8.42. The van der Waals surface area contributed by atoms with E-state index in [-0.39, 0.29) is 11.3 Å². The van der Waals surface area contributed by atoms with Crippen molar-refractivity contribution in [1.82, 2.24) is 0 Å². The van der Waals surface area contributed by atoms with Gasteiger partial charge in [-0.1, -0.05) is 0 Å². The number of hydrogen-bond donors (Lipinski definition) is 1. The Morgan fingerprint density at radius 1 is 1.33 bits per heavy atom. The van der Waals surface area contributed by atoms with E-state index in [0.29, 0.717) is 0 Å². The lowest BCUT2D eigenvalue weighted by Crippen LogP contribution is -2.16. The molecular formula is C10H11F2NO2. The molecule has 0 aliphatic carbocycles. The van der Waals surface area contributed by atoms with Crippen LogP contribution in [0.15, 0.2) is 12.1 Å². The molecule has 1 aromatic carbocycles. The summed E-state index contributed by atoms with van der Waals surface area (Å²) in [5.74, 6) is -2.53. The molecule has 0 atom stereocenters. The van der Waals surface area contributed by atoms with Gasteiger partial charge in [0.2, 0.25) is 0 Å². The van der Waals surface area contributed by atoms with Crippen LogP contribution in [0.4, 0.5) is 14.5 Å². The van der Waals surface area contributed by atoms with E-state index in [2.05, 4.69) is 0 Å². The Labute approximate surface area is 85.9 Å². The summed E-state index contributed by atoms with van der Waals surface area (Å²) in [6, 6.07) is 1.91. The highest BCUT2D eigenvalue weighted by molar-refractivity contribution is 5.73. The molecule has 0 amide bonds. The van der Waals surface area contributed by atoms with Crippen LogP contribution in [-0.4, -0.2) is 25.2 Å². The van der Waals surface area contributed by atoms with Crippen LogP contribution in [-0.2, 0) is 11.2 Å². The number of carboxylic acid groups (broad SMARTS) is 1. The number of carboxylic acids is 1. The molecule has 1 N–H and O–H groups in total. The first-order valence-corrected chi connectivity index (χ1v) is 4.29. The third-order valence-electron chi connectivity index (χ3n) is 1.95. The summed E-state index contributed by atoms with van der Waals surface area (Å²) in [6.07, 6.45) is -0.531. The van der Waals surface area contributed by atoms with Crippen molar-refractivity contribution in [1.29, 1.82) is 0 Å². The molecule has 15 heavy (non-hydrogen) atoms. The molecule has 1 rings (SSSR count). The van der Waals surface area contributed by atoms with Gasteiger partial charge in [0, 0.05) is 19.7 Å². The number of rotatable bonds is 3. The number of carbonyl (C=O) groups is 1. The van der Waals surface area contributed by atoms with E-state index in [1.54, 1.807) is 0 Å². The largest absolute Gasteiger partial charge is 0.481 e. The van der Waals surface area contributed by atoms with E-state index in [0.717, 1.165) is 12.1 Å². The topological polar surface area (TPSA) is 40.5 Å². The average Bonchev–Trinajstić information content (AvgIpc) is 2.10. The molecule has 0 saturated heterocycles. The highest BCUT2D eigenvalue weighted by atomic mass is 19.1. The second kappa shape index (κ2) is 4.25. The SMILES string of the molecule is CN(C)c1c(F)ccc(F)c1CC(=O)O. The standard InChI is InChI=1S/C10H11F2NO2/c1-13(2)10-6(5-9(14)15)7(11)3-4-8(10)12/h3-4H,5H2,1-2H3,(H,14,15). The normalized spacial score (nSPS) is 10.1. The monoisotopic (exact) mass is 215 g/mol. The van der Waals surface area contributed by atoms with Gasteiger partial charge in [-0.05, 0) is 12.1 Å². The molecular weight excluding hydrogens is 204 g/mol. The highest BCUT2D eigenvalue weighted by Crippen LogP contribution is 2.25. The Morgan fingerprint density at radius 2 is 1.87 bits per heavy atom. The minimum atomic E-state index is -1.19. The summed E-state index contributed by atoms with van der Waals surface area (Å²) in [5, 5.41) is 8.58. The summed E-state index contributed by atoms with van der Waals surface area (Å²) in [7, 11) is 3.06. The van der Waals surface area contributed by atoms with Crippen molar-refractivity contribution in [3.8, 4) is 0 Å². The summed E-state index contributed by atoms with van der Waals surface area (Å²) >= 11 is 0. The third-order valence-corrected chi connectivity index (χ3v) is 1.95. The van der Waals surface area contributed by atoms with Crippen LogP contribution in [0.5, 0.6) is 0 Å². The van der Waals surface area contributed by atoms with Gasteiger partial charge in [-0.15, -0.1) is 0 Å². The van der Waals surface area contributed by atoms with E-state index in [4.69, 9.17) is 5.11 Å². The zero-order valence-corrected chi connectivity index (χ0v) is 8.42. The molecule has 0 spiro atoms. The van der Waals surface area contributed by atoms with Gasteiger partial charge >= 0.3 is 5.97 Å². The second-order valence-electron chi connectivity index (χ2n) is 3.32. The van der Waals surface area contributed by atoms with Crippen molar-refractivity contribution < 1.29 is 18.7 Å². The Morgan fingerprint density at radius 3 is 2.33 bits per heavy atom. The molecule has 0 aliphatic heterocycles. The van der Waals surface area contributed by atoms with Crippen molar-refractivity contribution in [2.45, 2.75) is 6.42 Å². The molecule has 0 radical (unpaired) electrons. The van der Waals surface area contributed by atoms with Gasteiger partial charge in [-0.3, -0.25) is 4.79 Å². The van der Waals surface area contributed by atoms with E-state index in [1.807, 2.05) is 0 Å². The van der Waals surface area contributed by atoms with E-state index in [1.165, 1.54) is 19.0 Å². The number of benzene rings is 1. The lowest BCUT2D eigenvalue weighted by atomic mass is 10.1. The van der Waals surface area contributed by atoms with Crippen LogP contribution in [0.1, 0.15) is 5.56 Å². The van der Waals surface area contributed by atoms with Crippen LogP contribution < -0.4 is 4.90 Å². The zero-order chi connectivity index (χ0) is 11.6.